The Morgan fingerprint density at radius 1 is 1.06 bits per heavy atom. The van der Waals surface area contributed by atoms with E-state index in [1.165, 1.54) is 0 Å². The summed E-state index contributed by atoms with van der Waals surface area (Å²) in [5, 5.41) is 0. The molecule has 0 spiro atoms. The number of ether oxygens (including phenoxy) is 1. The maximum atomic E-state index is 12.0. The largest absolute Gasteiger partial charge is 0.467 e. The van der Waals surface area contributed by atoms with E-state index in [0.29, 0.717) is 5.56 Å². The fourth-order valence-corrected chi connectivity index (χ4v) is 1.74. The van der Waals surface area contributed by atoms with Gasteiger partial charge in [-0.05, 0) is 37.6 Å². The van der Waals surface area contributed by atoms with Gasteiger partial charge in [0.25, 0.3) is 0 Å². The quantitative estimate of drug-likeness (QED) is 0.568. The topological polar surface area (TPSA) is 26.3 Å². The zero-order valence-corrected chi connectivity index (χ0v) is 9.94. The first-order chi connectivity index (χ1) is 8.15. The zero-order valence-electron chi connectivity index (χ0n) is 9.94. The molecular weight excluding hydrogens is 212 g/mol. The molecule has 0 radical (unpaired) electrons. The molecule has 2 rings (SSSR count). The maximum absolute atomic E-state index is 12.0. The van der Waals surface area contributed by atoms with Gasteiger partial charge in [-0.2, -0.15) is 0 Å². The van der Waals surface area contributed by atoms with Gasteiger partial charge in [0.2, 0.25) is 0 Å². The summed E-state index contributed by atoms with van der Waals surface area (Å²) in [6, 6.07) is 9.24. The summed E-state index contributed by atoms with van der Waals surface area (Å²) in [5.74, 6) is 1.62. The summed E-state index contributed by atoms with van der Waals surface area (Å²) in [6.07, 6.45) is 5.34. The van der Waals surface area contributed by atoms with Gasteiger partial charge in [0, 0.05) is 5.56 Å². The van der Waals surface area contributed by atoms with Crippen molar-refractivity contribution in [2.75, 3.05) is 0 Å². The Balaban J connectivity index is 2.26. The summed E-state index contributed by atoms with van der Waals surface area (Å²) in [4.78, 5) is 12.0. The van der Waals surface area contributed by atoms with E-state index in [9.17, 15) is 4.79 Å². The molecule has 0 saturated carbocycles. The van der Waals surface area contributed by atoms with Crippen LogP contribution in [0.4, 0.5) is 0 Å². The van der Waals surface area contributed by atoms with Crippen LogP contribution in [0.25, 0.3) is 0 Å². The summed E-state index contributed by atoms with van der Waals surface area (Å²) in [6.45, 7) is 3.74. The van der Waals surface area contributed by atoms with Crippen LogP contribution in [0.2, 0.25) is 0 Å². The first-order valence-electron chi connectivity index (χ1n) is 5.51. The molecule has 1 aliphatic rings. The molecule has 0 N–H and O–H groups in total. The van der Waals surface area contributed by atoms with Crippen LogP contribution >= 0.6 is 0 Å². The van der Waals surface area contributed by atoms with Crippen LogP contribution in [0.3, 0.4) is 0 Å². The third kappa shape index (κ3) is 2.94. The zero-order chi connectivity index (χ0) is 12.3. The number of hydrogen-bond acceptors (Lipinski definition) is 2. The van der Waals surface area contributed by atoms with Gasteiger partial charge in [0.1, 0.15) is 11.5 Å². The highest BCUT2D eigenvalue weighted by atomic mass is 16.5. The van der Waals surface area contributed by atoms with Crippen molar-refractivity contribution in [1.82, 2.24) is 0 Å². The van der Waals surface area contributed by atoms with E-state index >= 15 is 0 Å². The van der Waals surface area contributed by atoms with Gasteiger partial charge in [-0.15, -0.1) is 0 Å². The minimum absolute atomic E-state index is 0.00981. The minimum Gasteiger partial charge on any atom is -0.467 e. The monoisotopic (exact) mass is 226 g/mol. The van der Waals surface area contributed by atoms with Gasteiger partial charge in [-0.3, -0.25) is 4.79 Å². The van der Waals surface area contributed by atoms with E-state index in [4.69, 9.17) is 4.74 Å². The predicted molar refractivity (Wildman–Crippen MR) is 67.5 cm³/mol. The van der Waals surface area contributed by atoms with E-state index in [2.05, 4.69) is 0 Å². The molecule has 0 fully saturated rings. The lowest BCUT2D eigenvalue weighted by atomic mass is 10.1. The number of hydrogen-bond donors (Lipinski definition) is 0. The summed E-state index contributed by atoms with van der Waals surface area (Å²) in [5.41, 5.74) is 1.57. The van der Waals surface area contributed by atoms with Crippen LogP contribution < -0.4 is 0 Å². The molecule has 2 nitrogen and oxygen atoms in total. The standard InChI is InChI=1S/C15H14O2/c1-11-8-13(9-12(2)17-11)10-15(16)14-6-4-3-5-7-14/h3-10H,1-2H3. The lowest BCUT2D eigenvalue weighted by molar-refractivity contribution is 0.104. The molecule has 0 bridgehead atoms. The average Bonchev–Trinajstić information content (AvgIpc) is 2.28. The molecule has 0 unspecified atom stereocenters. The molecule has 0 atom stereocenters. The molecule has 0 saturated heterocycles. The third-order valence-electron chi connectivity index (χ3n) is 2.42. The predicted octanol–water partition coefficient (Wildman–Crippen LogP) is 3.63. The number of benzene rings is 1. The molecule has 1 heterocycles. The lowest BCUT2D eigenvalue weighted by Gasteiger charge is -2.12. The molecule has 0 aromatic heterocycles. The fraction of sp³-hybridized carbons (Fsp3) is 0.133. The van der Waals surface area contributed by atoms with Crippen molar-refractivity contribution in [3.05, 3.63) is 71.2 Å². The van der Waals surface area contributed by atoms with E-state index in [-0.39, 0.29) is 5.78 Å². The lowest BCUT2D eigenvalue weighted by Crippen LogP contribution is -1.99. The Kier molecular flexibility index (Phi) is 3.24. The van der Waals surface area contributed by atoms with Gasteiger partial charge >= 0.3 is 0 Å². The maximum Gasteiger partial charge on any atom is 0.186 e. The van der Waals surface area contributed by atoms with E-state index < -0.39 is 0 Å². The molecule has 86 valence electrons. The van der Waals surface area contributed by atoms with Crippen LogP contribution in [0.15, 0.2) is 65.7 Å². The van der Waals surface area contributed by atoms with Gasteiger partial charge in [0.05, 0.1) is 0 Å². The number of carbonyl (C=O) groups excluding carboxylic acids is 1. The highest BCUT2D eigenvalue weighted by Crippen LogP contribution is 2.18. The number of allylic oxidation sites excluding steroid dienone is 6. The highest BCUT2D eigenvalue weighted by Gasteiger charge is 2.07. The van der Waals surface area contributed by atoms with Crippen molar-refractivity contribution in [3.8, 4) is 0 Å². The van der Waals surface area contributed by atoms with Crippen molar-refractivity contribution in [2.45, 2.75) is 13.8 Å². The summed E-state index contributed by atoms with van der Waals surface area (Å²) in [7, 11) is 0. The number of ketones is 1. The first kappa shape index (κ1) is 11.4. The van der Waals surface area contributed by atoms with Crippen LogP contribution in [0, 0.1) is 0 Å². The minimum atomic E-state index is 0.00981. The van der Waals surface area contributed by atoms with Crippen LogP contribution in [-0.2, 0) is 4.74 Å². The van der Waals surface area contributed by atoms with Crippen molar-refractivity contribution in [1.29, 1.82) is 0 Å². The second-order valence-corrected chi connectivity index (χ2v) is 3.99. The summed E-state index contributed by atoms with van der Waals surface area (Å²) >= 11 is 0. The average molecular weight is 226 g/mol. The molecule has 0 aliphatic carbocycles. The van der Waals surface area contributed by atoms with E-state index in [1.54, 1.807) is 6.08 Å². The summed E-state index contributed by atoms with van der Waals surface area (Å²) < 4.78 is 5.37. The Morgan fingerprint density at radius 2 is 1.65 bits per heavy atom. The SMILES string of the molecule is CC1=CC(=CC(=O)c2ccccc2)C=C(C)O1. The Bertz CT molecular complexity index is 499. The molecule has 2 heteroatoms. The molecular formula is C15H14O2. The first-order valence-corrected chi connectivity index (χ1v) is 5.51. The van der Waals surface area contributed by atoms with Gasteiger partial charge in [-0.1, -0.05) is 30.3 Å². The second-order valence-electron chi connectivity index (χ2n) is 3.99. The molecule has 0 amide bonds. The van der Waals surface area contributed by atoms with Crippen LogP contribution in [0.5, 0.6) is 0 Å². The molecule has 1 aromatic carbocycles. The normalized spacial score (nSPS) is 14.6. The third-order valence-corrected chi connectivity index (χ3v) is 2.42. The van der Waals surface area contributed by atoms with Crippen molar-refractivity contribution >= 4 is 5.78 Å². The second kappa shape index (κ2) is 4.83. The number of carbonyl (C=O) groups is 1. The Labute approximate surface area is 101 Å². The van der Waals surface area contributed by atoms with Crippen LogP contribution in [-0.4, -0.2) is 5.78 Å². The van der Waals surface area contributed by atoms with Crippen molar-refractivity contribution in [2.24, 2.45) is 0 Å². The Morgan fingerprint density at radius 3 is 2.24 bits per heavy atom. The van der Waals surface area contributed by atoms with Gasteiger partial charge in [0.15, 0.2) is 5.78 Å². The smallest absolute Gasteiger partial charge is 0.186 e. The van der Waals surface area contributed by atoms with Crippen LogP contribution in [0.1, 0.15) is 24.2 Å². The van der Waals surface area contributed by atoms with E-state index in [0.717, 1.165) is 17.1 Å². The number of rotatable bonds is 2. The van der Waals surface area contributed by atoms with Crippen molar-refractivity contribution < 1.29 is 9.53 Å². The molecule has 17 heavy (non-hydrogen) atoms. The Hall–Kier alpha value is -2.09. The molecule has 1 aliphatic heterocycles. The highest BCUT2D eigenvalue weighted by molar-refractivity contribution is 6.05. The van der Waals surface area contributed by atoms with Gasteiger partial charge < -0.3 is 4.74 Å². The van der Waals surface area contributed by atoms with Crippen molar-refractivity contribution in [3.63, 3.8) is 0 Å². The molecule has 1 aromatic rings. The fourth-order valence-electron chi connectivity index (χ4n) is 1.74. The van der Waals surface area contributed by atoms with Gasteiger partial charge in [-0.25, -0.2) is 0 Å². The van der Waals surface area contributed by atoms with E-state index in [1.807, 2.05) is 56.3 Å².